The number of methoxy groups -OCH3 is 3. The van der Waals surface area contributed by atoms with Crippen molar-refractivity contribution in [3.63, 3.8) is 0 Å². The minimum Gasteiger partial charge on any atom is -0.496 e. The first-order valence-electron chi connectivity index (χ1n) is 13.4. The van der Waals surface area contributed by atoms with Crippen LogP contribution in [0, 0.1) is 5.41 Å². The van der Waals surface area contributed by atoms with Crippen molar-refractivity contribution in [2.24, 2.45) is 12.5 Å². The number of likely N-dealkylation sites (tertiary alicyclic amines) is 2. The maximum atomic E-state index is 13.4. The van der Waals surface area contributed by atoms with Crippen LogP contribution >= 0.6 is 0 Å². The Bertz CT molecular complexity index is 1430. The summed E-state index contributed by atoms with van der Waals surface area (Å²) in [5, 5.41) is 1.08. The van der Waals surface area contributed by atoms with Crippen molar-refractivity contribution in [2.75, 3.05) is 47.5 Å². The van der Waals surface area contributed by atoms with Crippen molar-refractivity contribution in [3.05, 3.63) is 59.3 Å². The Kier molecular flexibility index (Phi) is 7.30. The molecule has 8 nitrogen and oxygen atoms in total. The van der Waals surface area contributed by atoms with Gasteiger partial charge in [-0.2, -0.15) is 0 Å². The van der Waals surface area contributed by atoms with Crippen LogP contribution in [-0.2, 0) is 11.8 Å². The van der Waals surface area contributed by atoms with E-state index in [0.29, 0.717) is 35.9 Å². The number of amides is 2. The molecule has 0 saturated carbocycles. The van der Waals surface area contributed by atoms with Gasteiger partial charge in [0.1, 0.15) is 11.4 Å². The molecule has 0 unspecified atom stereocenters. The monoisotopic (exact) mass is 531 g/mol. The lowest BCUT2D eigenvalue weighted by molar-refractivity contribution is -0.126. The van der Waals surface area contributed by atoms with Gasteiger partial charge in [0.25, 0.3) is 5.91 Å². The maximum absolute atomic E-state index is 13.4. The van der Waals surface area contributed by atoms with E-state index in [1.54, 1.807) is 27.4 Å². The molecule has 206 valence electrons. The summed E-state index contributed by atoms with van der Waals surface area (Å²) in [4.78, 5) is 30.7. The van der Waals surface area contributed by atoms with Gasteiger partial charge in [-0.1, -0.05) is 18.2 Å². The Labute approximate surface area is 229 Å². The zero-order valence-electron chi connectivity index (χ0n) is 23.5. The van der Waals surface area contributed by atoms with Gasteiger partial charge in [-0.15, -0.1) is 0 Å². The summed E-state index contributed by atoms with van der Waals surface area (Å²) in [6.07, 6.45) is 4.61. The molecule has 2 aromatic carbocycles. The molecule has 3 aromatic rings. The Hall–Kier alpha value is -3.94. The molecule has 39 heavy (non-hydrogen) atoms. The van der Waals surface area contributed by atoms with Crippen LogP contribution in [0.25, 0.3) is 17.0 Å². The Morgan fingerprint density at radius 1 is 0.846 bits per heavy atom. The molecule has 8 heteroatoms. The third-order valence-electron chi connectivity index (χ3n) is 8.45. The minimum atomic E-state index is 0.0257. The minimum absolute atomic E-state index is 0.0257. The number of benzene rings is 2. The van der Waals surface area contributed by atoms with Crippen molar-refractivity contribution in [1.82, 2.24) is 14.4 Å². The molecule has 0 atom stereocenters. The van der Waals surface area contributed by atoms with Gasteiger partial charge in [-0.25, -0.2) is 0 Å². The fraction of sp³-hybridized carbons (Fsp3) is 0.419. The van der Waals surface area contributed by atoms with Gasteiger partial charge < -0.3 is 28.6 Å². The van der Waals surface area contributed by atoms with Crippen molar-refractivity contribution < 1.29 is 23.8 Å². The number of rotatable bonds is 6. The van der Waals surface area contributed by atoms with Crippen LogP contribution in [-0.4, -0.2) is 73.7 Å². The van der Waals surface area contributed by atoms with Gasteiger partial charge in [0.05, 0.1) is 21.3 Å². The molecule has 0 aliphatic carbocycles. The first-order valence-corrected chi connectivity index (χ1v) is 13.4. The van der Waals surface area contributed by atoms with Crippen molar-refractivity contribution in [2.45, 2.75) is 26.2 Å². The van der Waals surface area contributed by atoms with E-state index in [1.807, 2.05) is 70.8 Å². The molecular weight excluding hydrogens is 494 g/mol. The van der Waals surface area contributed by atoms with Crippen molar-refractivity contribution in [1.29, 1.82) is 0 Å². The molecule has 0 bridgehead atoms. The number of piperidine rings is 1. The predicted octanol–water partition coefficient (Wildman–Crippen LogP) is 4.76. The van der Waals surface area contributed by atoms with Crippen LogP contribution in [0.15, 0.2) is 48.0 Å². The van der Waals surface area contributed by atoms with Gasteiger partial charge in [0, 0.05) is 61.3 Å². The maximum Gasteiger partial charge on any atom is 0.270 e. The van der Waals surface area contributed by atoms with E-state index in [0.717, 1.165) is 54.5 Å². The molecule has 2 saturated heterocycles. The number of carbonyl (C=O) groups is 2. The average molecular weight is 532 g/mol. The van der Waals surface area contributed by atoms with Gasteiger partial charge in [0.2, 0.25) is 5.91 Å². The van der Waals surface area contributed by atoms with Crippen LogP contribution in [0.4, 0.5) is 0 Å². The number of aryl methyl sites for hydroxylation is 1. The predicted molar refractivity (Wildman–Crippen MR) is 151 cm³/mol. The molecule has 2 fully saturated rings. The second kappa shape index (κ2) is 10.7. The molecule has 1 aromatic heterocycles. The highest BCUT2D eigenvalue weighted by Gasteiger charge is 2.43. The third-order valence-corrected chi connectivity index (χ3v) is 8.45. The highest BCUT2D eigenvalue weighted by atomic mass is 16.5. The lowest BCUT2D eigenvalue weighted by Crippen LogP contribution is -2.45. The number of ether oxygens (including phenoxy) is 3. The lowest BCUT2D eigenvalue weighted by atomic mass is 9.77. The fourth-order valence-electron chi connectivity index (χ4n) is 6.07. The topological polar surface area (TPSA) is 73.2 Å². The van der Waals surface area contributed by atoms with E-state index in [-0.39, 0.29) is 17.2 Å². The summed E-state index contributed by atoms with van der Waals surface area (Å²) >= 11 is 0. The lowest BCUT2D eigenvalue weighted by Gasteiger charge is -2.39. The van der Waals surface area contributed by atoms with Gasteiger partial charge in [0.15, 0.2) is 11.5 Å². The Balaban J connectivity index is 1.24. The SMILES string of the molecule is COc1cc(OC)c(OC)cc1/C=C(\C)C(=O)N1CCC2(CCN(C(=O)c3cc4ccccc4n3C)CC2)C1. The summed E-state index contributed by atoms with van der Waals surface area (Å²) in [6.45, 7) is 4.70. The third kappa shape index (κ3) is 4.95. The Morgan fingerprint density at radius 3 is 2.10 bits per heavy atom. The molecule has 0 N–H and O–H groups in total. The normalized spacial score (nSPS) is 17.1. The summed E-state index contributed by atoms with van der Waals surface area (Å²) in [6, 6.07) is 13.6. The van der Waals surface area contributed by atoms with Crippen LogP contribution in [0.3, 0.4) is 0 Å². The summed E-state index contributed by atoms with van der Waals surface area (Å²) in [5.74, 6) is 1.87. The average Bonchev–Trinajstić information content (AvgIpc) is 3.53. The van der Waals surface area contributed by atoms with Gasteiger partial charge in [-0.3, -0.25) is 9.59 Å². The molecule has 3 heterocycles. The zero-order chi connectivity index (χ0) is 27.7. The zero-order valence-corrected chi connectivity index (χ0v) is 23.5. The van der Waals surface area contributed by atoms with Crippen LogP contribution < -0.4 is 14.2 Å². The van der Waals surface area contributed by atoms with E-state index in [2.05, 4.69) is 0 Å². The van der Waals surface area contributed by atoms with Crippen LogP contribution in [0.5, 0.6) is 17.2 Å². The van der Waals surface area contributed by atoms with E-state index in [1.165, 1.54) is 0 Å². The van der Waals surface area contributed by atoms with Crippen LogP contribution in [0.1, 0.15) is 42.2 Å². The van der Waals surface area contributed by atoms with Gasteiger partial charge >= 0.3 is 0 Å². The first kappa shape index (κ1) is 26.7. The summed E-state index contributed by atoms with van der Waals surface area (Å²) in [5.41, 5.74) is 3.25. The Morgan fingerprint density at radius 2 is 1.46 bits per heavy atom. The quantitative estimate of drug-likeness (QED) is 0.429. The standard InChI is InChI=1S/C31H37N3O5/c1-21(16-23-18-27(38-4)28(39-5)19-26(23)37-3)29(35)34-15-12-31(20-34)10-13-33(14-11-31)30(36)25-17-22-8-6-7-9-24(22)32(25)2/h6-9,16-19H,10-15,20H2,1-5H3/b21-16+. The van der Waals surface area contributed by atoms with E-state index in [4.69, 9.17) is 14.2 Å². The second-order valence-electron chi connectivity index (χ2n) is 10.7. The van der Waals surface area contributed by atoms with E-state index < -0.39 is 0 Å². The van der Waals surface area contributed by atoms with Crippen molar-refractivity contribution >= 4 is 28.8 Å². The number of hydrogen-bond donors (Lipinski definition) is 0. The molecular formula is C31H37N3O5. The van der Waals surface area contributed by atoms with Crippen LogP contribution in [0.2, 0.25) is 0 Å². The summed E-state index contributed by atoms with van der Waals surface area (Å²) < 4.78 is 18.3. The number of aromatic nitrogens is 1. The number of hydrogen-bond acceptors (Lipinski definition) is 5. The molecule has 0 radical (unpaired) electrons. The molecule has 5 rings (SSSR count). The molecule has 1 spiro atoms. The largest absolute Gasteiger partial charge is 0.496 e. The molecule has 2 aliphatic heterocycles. The smallest absolute Gasteiger partial charge is 0.270 e. The number of carbonyl (C=O) groups excluding carboxylic acids is 2. The number of nitrogens with zero attached hydrogens (tertiary/aromatic N) is 3. The van der Waals surface area contributed by atoms with E-state index in [9.17, 15) is 9.59 Å². The van der Waals surface area contributed by atoms with Crippen molar-refractivity contribution in [3.8, 4) is 17.2 Å². The molecule has 2 amide bonds. The van der Waals surface area contributed by atoms with E-state index >= 15 is 0 Å². The number of fused-ring (bicyclic) bond motifs is 1. The number of para-hydroxylation sites is 1. The van der Waals surface area contributed by atoms with Gasteiger partial charge in [-0.05, 0) is 55.9 Å². The second-order valence-corrected chi connectivity index (χ2v) is 10.7. The fourth-order valence-corrected chi connectivity index (χ4v) is 6.07. The first-order chi connectivity index (χ1) is 18.8. The highest BCUT2D eigenvalue weighted by molar-refractivity contribution is 5.99. The highest BCUT2D eigenvalue weighted by Crippen LogP contribution is 2.41. The summed E-state index contributed by atoms with van der Waals surface area (Å²) in [7, 11) is 6.71. The molecule has 2 aliphatic rings.